The van der Waals surface area contributed by atoms with Crippen molar-refractivity contribution in [2.75, 3.05) is 0 Å². The van der Waals surface area contributed by atoms with Gasteiger partial charge in [-0.3, -0.25) is 4.57 Å². The molecule has 1 aliphatic rings. The van der Waals surface area contributed by atoms with Crippen LogP contribution in [0.2, 0.25) is 0 Å². The van der Waals surface area contributed by atoms with Crippen molar-refractivity contribution >= 4 is 55.3 Å². The van der Waals surface area contributed by atoms with Gasteiger partial charge in [0.2, 0.25) is 5.96 Å². The normalized spacial score (nSPS) is 14.6. The van der Waals surface area contributed by atoms with Crippen molar-refractivity contribution in [2.24, 2.45) is 4.99 Å². The molecule has 0 bridgehead atoms. The van der Waals surface area contributed by atoms with E-state index >= 15 is 0 Å². The molecule has 0 amide bonds. The molecule has 1 unspecified atom stereocenters. The van der Waals surface area contributed by atoms with Crippen molar-refractivity contribution in [3.63, 3.8) is 0 Å². The maximum absolute atomic E-state index is 5.27. The van der Waals surface area contributed by atoms with Crippen molar-refractivity contribution in [1.82, 2.24) is 14.5 Å². The van der Waals surface area contributed by atoms with E-state index in [1.54, 1.807) is 0 Å². The first-order valence-corrected chi connectivity index (χ1v) is 17.1. The minimum absolute atomic E-state index is 0.0286. The summed E-state index contributed by atoms with van der Waals surface area (Å²) in [6.07, 6.45) is 2.23. The molecule has 0 saturated heterocycles. The second-order valence-corrected chi connectivity index (χ2v) is 12.9. The molecule has 9 aromatic rings. The number of nitrogens with one attached hydrogen (secondary N) is 1. The number of fused-ring (bicyclic) bond motifs is 6. The fraction of sp³-hybridized carbons (Fsp3) is 0.0217. The predicted molar refractivity (Wildman–Crippen MR) is 209 cm³/mol. The van der Waals surface area contributed by atoms with E-state index < -0.39 is 0 Å². The minimum Gasteiger partial charge on any atom is -0.345 e. The minimum atomic E-state index is -0.0286. The van der Waals surface area contributed by atoms with E-state index in [2.05, 4.69) is 190 Å². The highest BCUT2D eigenvalue weighted by atomic mass is 15.2. The molecule has 0 aliphatic carbocycles. The molecule has 4 nitrogen and oxygen atoms in total. The second-order valence-electron chi connectivity index (χ2n) is 12.9. The van der Waals surface area contributed by atoms with Crippen molar-refractivity contribution in [1.29, 1.82) is 0 Å². The number of aromatic nitrogens is 2. The van der Waals surface area contributed by atoms with Crippen LogP contribution in [0.3, 0.4) is 0 Å². The highest BCUT2D eigenvalue weighted by Gasteiger charge is 2.23. The Bertz CT molecular complexity index is 2770. The molecule has 0 fully saturated rings. The van der Waals surface area contributed by atoms with E-state index in [4.69, 9.17) is 4.99 Å². The predicted octanol–water partition coefficient (Wildman–Crippen LogP) is 11.1. The van der Waals surface area contributed by atoms with Gasteiger partial charge >= 0.3 is 0 Å². The summed E-state index contributed by atoms with van der Waals surface area (Å²) in [4.78, 5) is 5.27. The summed E-state index contributed by atoms with van der Waals surface area (Å²) in [6, 6.07) is 62.7. The molecule has 7 aromatic carbocycles. The highest BCUT2D eigenvalue weighted by Crippen LogP contribution is 2.38. The highest BCUT2D eigenvalue weighted by molar-refractivity contribution is 6.16. The summed E-state index contributed by atoms with van der Waals surface area (Å²) < 4.78 is 4.65. The molecule has 236 valence electrons. The quantitative estimate of drug-likeness (QED) is 0.204. The number of hydrogen-bond acceptors (Lipinski definition) is 2. The Morgan fingerprint density at radius 1 is 0.420 bits per heavy atom. The largest absolute Gasteiger partial charge is 0.345 e. The van der Waals surface area contributed by atoms with Gasteiger partial charge < -0.3 is 9.88 Å². The van der Waals surface area contributed by atoms with E-state index in [0.29, 0.717) is 0 Å². The third kappa shape index (κ3) is 4.57. The van der Waals surface area contributed by atoms with E-state index in [1.165, 1.54) is 55.0 Å². The number of aliphatic imine (C=N–C) groups is 1. The first-order valence-electron chi connectivity index (χ1n) is 17.1. The number of para-hydroxylation sites is 3. The summed E-state index contributed by atoms with van der Waals surface area (Å²) >= 11 is 0. The average Bonchev–Trinajstić information content (AvgIpc) is 3.71. The van der Waals surface area contributed by atoms with Crippen LogP contribution < -0.4 is 5.32 Å². The van der Waals surface area contributed by atoms with E-state index in [0.717, 1.165) is 28.3 Å². The summed E-state index contributed by atoms with van der Waals surface area (Å²) in [6.45, 7) is 0. The topological polar surface area (TPSA) is 34.2 Å². The van der Waals surface area contributed by atoms with Crippen LogP contribution in [0.4, 0.5) is 0 Å². The van der Waals surface area contributed by atoms with Crippen LogP contribution >= 0.6 is 0 Å². The molecule has 1 N–H and O–H groups in total. The van der Waals surface area contributed by atoms with E-state index in [-0.39, 0.29) is 6.04 Å². The molecule has 1 aliphatic heterocycles. The lowest BCUT2D eigenvalue weighted by molar-refractivity contribution is 0.760. The van der Waals surface area contributed by atoms with Gasteiger partial charge in [-0.1, -0.05) is 127 Å². The molecule has 50 heavy (non-hydrogen) atoms. The zero-order valence-corrected chi connectivity index (χ0v) is 27.2. The number of hydrogen-bond donors (Lipinski definition) is 1. The van der Waals surface area contributed by atoms with Gasteiger partial charge in [0.1, 0.15) is 0 Å². The lowest BCUT2D eigenvalue weighted by atomic mass is 10.0. The van der Waals surface area contributed by atoms with Crippen LogP contribution in [-0.2, 0) is 0 Å². The number of benzene rings is 7. The Hall–Kier alpha value is -6.65. The monoisotopic (exact) mass is 640 g/mol. The first kappa shape index (κ1) is 28.4. The van der Waals surface area contributed by atoms with Crippen molar-refractivity contribution in [2.45, 2.75) is 6.04 Å². The van der Waals surface area contributed by atoms with Gasteiger partial charge in [0.15, 0.2) is 0 Å². The fourth-order valence-corrected chi connectivity index (χ4v) is 7.63. The Morgan fingerprint density at radius 2 is 0.920 bits per heavy atom. The van der Waals surface area contributed by atoms with Crippen LogP contribution in [0.1, 0.15) is 17.2 Å². The second kappa shape index (κ2) is 11.5. The third-order valence-corrected chi connectivity index (χ3v) is 9.97. The van der Waals surface area contributed by atoms with Gasteiger partial charge in [0.05, 0.1) is 33.8 Å². The maximum atomic E-state index is 5.27. The van der Waals surface area contributed by atoms with Crippen LogP contribution in [0, 0.1) is 0 Å². The molecular formula is C46H32N4. The van der Waals surface area contributed by atoms with Crippen molar-refractivity contribution in [3.05, 3.63) is 193 Å². The fourth-order valence-electron chi connectivity index (χ4n) is 7.63. The van der Waals surface area contributed by atoms with Gasteiger partial charge in [-0.25, -0.2) is 4.99 Å². The van der Waals surface area contributed by atoms with Crippen molar-refractivity contribution in [3.8, 4) is 16.8 Å². The van der Waals surface area contributed by atoms with Gasteiger partial charge in [-0.05, 0) is 71.3 Å². The Morgan fingerprint density at radius 3 is 1.56 bits per heavy atom. The first-order chi connectivity index (χ1) is 24.8. The van der Waals surface area contributed by atoms with Crippen LogP contribution in [0.25, 0.3) is 66.1 Å². The molecule has 3 heterocycles. The standard InChI is InChI=1S/C46H32N4/c1-4-14-31(15-5-1)40-30-41(32-16-6-2-7-17-32)48-46(47-40)50-43-23-13-11-21-37(43)39-29-34(25-27-45(39)50)33-24-26-44-38(28-33)36-20-10-12-22-42(36)49(44)35-18-8-3-9-19-35/h1-30,40H,(H,47,48). The smallest absolute Gasteiger partial charge is 0.209 e. The Labute approximate surface area is 289 Å². The SMILES string of the molecule is C1=C(c2ccccc2)N=C(n2c3ccccc3c3cc(-c4ccc5c(c4)c4ccccc4n5-c4ccccc4)ccc32)NC1c1ccccc1. The molecule has 4 heteroatoms. The Balaban J connectivity index is 1.14. The molecule has 2 aromatic heterocycles. The van der Waals surface area contributed by atoms with Crippen LogP contribution in [0.5, 0.6) is 0 Å². The number of nitrogens with zero attached hydrogens (tertiary/aromatic N) is 3. The summed E-state index contributed by atoms with van der Waals surface area (Å²) in [5.74, 6) is 0.814. The van der Waals surface area contributed by atoms with E-state index in [9.17, 15) is 0 Å². The molecule has 0 radical (unpaired) electrons. The third-order valence-electron chi connectivity index (χ3n) is 9.97. The molecule has 1 atom stereocenters. The zero-order chi connectivity index (χ0) is 33.0. The zero-order valence-electron chi connectivity index (χ0n) is 27.2. The molecule has 10 rings (SSSR count). The average molecular weight is 641 g/mol. The molecular weight excluding hydrogens is 609 g/mol. The summed E-state index contributed by atoms with van der Waals surface area (Å²) in [7, 11) is 0. The summed E-state index contributed by atoms with van der Waals surface area (Å²) in [5.41, 5.74) is 11.4. The van der Waals surface area contributed by atoms with Crippen LogP contribution in [-0.4, -0.2) is 15.1 Å². The van der Waals surface area contributed by atoms with Crippen LogP contribution in [0.15, 0.2) is 187 Å². The van der Waals surface area contributed by atoms with E-state index in [1.807, 2.05) is 6.07 Å². The van der Waals surface area contributed by atoms with Crippen molar-refractivity contribution < 1.29 is 0 Å². The summed E-state index contributed by atoms with van der Waals surface area (Å²) in [5, 5.41) is 8.68. The van der Waals surface area contributed by atoms with Gasteiger partial charge in [-0.2, -0.15) is 0 Å². The van der Waals surface area contributed by atoms with Gasteiger partial charge in [-0.15, -0.1) is 0 Å². The maximum Gasteiger partial charge on any atom is 0.209 e. The lowest BCUT2D eigenvalue weighted by Crippen LogP contribution is -2.35. The molecule has 0 spiro atoms. The number of rotatable bonds is 4. The lowest BCUT2D eigenvalue weighted by Gasteiger charge is -2.25. The van der Waals surface area contributed by atoms with Gasteiger partial charge in [0.25, 0.3) is 0 Å². The Kier molecular flexibility index (Phi) is 6.53. The van der Waals surface area contributed by atoms with Gasteiger partial charge in [0, 0.05) is 32.8 Å². The molecule has 0 saturated carbocycles.